The maximum atomic E-state index is 13.3. The zero-order valence-corrected chi connectivity index (χ0v) is 13.4. The van der Waals surface area contributed by atoms with Crippen LogP contribution in [0.15, 0.2) is 66.7 Å². The van der Waals surface area contributed by atoms with Crippen molar-refractivity contribution in [3.63, 3.8) is 0 Å². The number of hydrogen-bond acceptors (Lipinski definition) is 3. The molecule has 0 atom stereocenters. The van der Waals surface area contributed by atoms with Gasteiger partial charge in [0.25, 0.3) is 0 Å². The molecule has 3 aromatic carbocycles. The highest BCUT2D eigenvalue weighted by Gasteiger charge is 2.13. The molecule has 0 spiro atoms. The molecule has 3 N–H and O–H groups in total. The monoisotopic (exact) mass is 356 g/mol. The SMILES string of the molecule is O=C(Nc1ccc(Oc2ccccc2)cc1)Nc1cc(F)cc(F)c1O. The second kappa shape index (κ2) is 7.52. The first-order valence-corrected chi connectivity index (χ1v) is 7.60. The van der Waals surface area contributed by atoms with Crippen LogP contribution >= 0.6 is 0 Å². The Bertz CT molecular complexity index is 916. The van der Waals surface area contributed by atoms with Crippen molar-refractivity contribution < 1.29 is 23.4 Å². The Morgan fingerprint density at radius 3 is 2.23 bits per heavy atom. The Kier molecular flexibility index (Phi) is 4.98. The number of ether oxygens (including phenoxy) is 1. The van der Waals surface area contributed by atoms with E-state index in [1.54, 1.807) is 24.3 Å². The lowest BCUT2D eigenvalue weighted by Gasteiger charge is -2.10. The molecule has 0 aliphatic heterocycles. The van der Waals surface area contributed by atoms with Gasteiger partial charge in [0.15, 0.2) is 11.6 Å². The molecule has 0 aromatic heterocycles. The van der Waals surface area contributed by atoms with Gasteiger partial charge in [0.2, 0.25) is 0 Å². The van der Waals surface area contributed by atoms with E-state index in [9.17, 15) is 18.7 Å². The molecule has 0 aliphatic rings. The van der Waals surface area contributed by atoms with Gasteiger partial charge in [0.05, 0.1) is 5.69 Å². The van der Waals surface area contributed by atoms with Crippen LogP contribution in [0.25, 0.3) is 0 Å². The standard InChI is InChI=1S/C19H14F2N2O3/c20-12-10-16(21)18(24)17(11-12)23-19(25)22-13-6-8-15(9-7-13)26-14-4-2-1-3-5-14/h1-11,24H,(H2,22,23,25). The number of benzene rings is 3. The number of halogens is 2. The maximum Gasteiger partial charge on any atom is 0.323 e. The summed E-state index contributed by atoms with van der Waals surface area (Å²) in [5, 5.41) is 14.2. The van der Waals surface area contributed by atoms with Crippen LogP contribution in [0.4, 0.5) is 25.0 Å². The highest BCUT2D eigenvalue weighted by Crippen LogP contribution is 2.28. The van der Waals surface area contributed by atoms with Crippen LogP contribution in [0.1, 0.15) is 0 Å². The average molecular weight is 356 g/mol. The minimum absolute atomic E-state index is 0.371. The molecule has 7 heteroatoms. The number of hydrogen-bond donors (Lipinski definition) is 3. The zero-order valence-electron chi connectivity index (χ0n) is 13.4. The summed E-state index contributed by atoms with van der Waals surface area (Å²) < 4.78 is 32.1. The number of phenolic OH excluding ortho intramolecular Hbond substituents is 1. The smallest absolute Gasteiger partial charge is 0.323 e. The summed E-state index contributed by atoms with van der Waals surface area (Å²) in [4.78, 5) is 11.9. The molecule has 5 nitrogen and oxygen atoms in total. The molecule has 2 amide bonds. The van der Waals surface area contributed by atoms with E-state index in [-0.39, 0.29) is 5.69 Å². The number of carbonyl (C=O) groups excluding carboxylic acids is 1. The van der Waals surface area contributed by atoms with Crippen molar-refractivity contribution in [2.75, 3.05) is 10.6 Å². The molecule has 26 heavy (non-hydrogen) atoms. The molecule has 0 saturated carbocycles. The molecule has 3 rings (SSSR count). The van der Waals surface area contributed by atoms with Crippen molar-refractivity contribution in [2.45, 2.75) is 0 Å². The van der Waals surface area contributed by atoms with Crippen molar-refractivity contribution in [2.24, 2.45) is 0 Å². The third kappa shape index (κ3) is 4.27. The lowest BCUT2D eigenvalue weighted by Crippen LogP contribution is -2.19. The molecule has 3 aromatic rings. The summed E-state index contributed by atoms with van der Waals surface area (Å²) in [5.74, 6) is -1.67. The highest BCUT2D eigenvalue weighted by atomic mass is 19.1. The largest absolute Gasteiger partial charge is 0.503 e. The fraction of sp³-hybridized carbons (Fsp3) is 0. The number of amides is 2. The van der Waals surface area contributed by atoms with E-state index in [1.807, 2.05) is 30.3 Å². The first-order valence-electron chi connectivity index (χ1n) is 7.60. The maximum absolute atomic E-state index is 13.3. The number of para-hydroxylation sites is 1. The van der Waals surface area contributed by atoms with E-state index in [1.165, 1.54) is 0 Å². The normalized spacial score (nSPS) is 10.2. The Morgan fingerprint density at radius 2 is 1.54 bits per heavy atom. The molecule has 0 saturated heterocycles. The number of aromatic hydroxyl groups is 1. The van der Waals surface area contributed by atoms with Gasteiger partial charge in [-0.1, -0.05) is 18.2 Å². The lowest BCUT2D eigenvalue weighted by atomic mass is 10.2. The van der Waals surface area contributed by atoms with Gasteiger partial charge in [-0.25, -0.2) is 13.6 Å². The zero-order chi connectivity index (χ0) is 18.5. The van der Waals surface area contributed by atoms with E-state index in [2.05, 4.69) is 10.6 Å². The van der Waals surface area contributed by atoms with Crippen LogP contribution in [-0.2, 0) is 0 Å². The second-order valence-electron chi connectivity index (χ2n) is 5.30. The van der Waals surface area contributed by atoms with Crippen LogP contribution in [0.3, 0.4) is 0 Å². The molecule has 0 unspecified atom stereocenters. The minimum atomic E-state index is -1.16. The van der Waals surface area contributed by atoms with Crippen molar-refractivity contribution in [3.8, 4) is 17.2 Å². The van der Waals surface area contributed by atoms with E-state index in [0.29, 0.717) is 23.3 Å². The molecule has 0 radical (unpaired) electrons. The number of rotatable bonds is 4. The third-order valence-corrected chi connectivity index (χ3v) is 3.37. The minimum Gasteiger partial charge on any atom is -0.503 e. The van der Waals surface area contributed by atoms with Crippen molar-refractivity contribution in [1.29, 1.82) is 0 Å². The van der Waals surface area contributed by atoms with E-state index >= 15 is 0 Å². The summed E-state index contributed by atoms with van der Waals surface area (Å²) in [6.07, 6.45) is 0. The number of anilines is 2. The molecule has 0 aliphatic carbocycles. The van der Waals surface area contributed by atoms with Gasteiger partial charge in [0, 0.05) is 17.8 Å². The van der Waals surface area contributed by atoms with Crippen LogP contribution in [0, 0.1) is 11.6 Å². The van der Waals surface area contributed by atoms with Crippen LogP contribution in [-0.4, -0.2) is 11.1 Å². The topological polar surface area (TPSA) is 70.6 Å². The Morgan fingerprint density at radius 1 is 0.885 bits per heavy atom. The van der Waals surface area contributed by atoms with Gasteiger partial charge in [-0.3, -0.25) is 0 Å². The Labute approximate surface area is 147 Å². The van der Waals surface area contributed by atoms with Crippen LogP contribution < -0.4 is 15.4 Å². The Hall–Kier alpha value is -3.61. The summed E-state index contributed by atoms with van der Waals surface area (Å²) in [7, 11) is 0. The summed E-state index contributed by atoms with van der Waals surface area (Å²) in [6.45, 7) is 0. The number of nitrogens with one attached hydrogen (secondary N) is 2. The van der Waals surface area contributed by atoms with Gasteiger partial charge in [-0.2, -0.15) is 0 Å². The summed E-state index contributed by atoms with van der Waals surface area (Å²) in [6, 6.07) is 16.3. The third-order valence-electron chi connectivity index (χ3n) is 3.37. The second-order valence-corrected chi connectivity index (χ2v) is 5.30. The Balaban J connectivity index is 1.63. The van der Waals surface area contributed by atoms with Gasteiger partial charge >= 0.3 is 6.03 Å². The summed E-state index contributed by atoms with van der Waals surface area (Å²) in [5.41, 5.74) is 0.0586. The van der Waals surface area contributed by atoms with E-state index in [4.69, 9.17) is 4.74 Å². The van der Waals surface area contributed by atoms with Gasteiger partial charge < -0.3 is 20.5 Å². The first kappa shape index (κ1) is 17.2. The number of phenols is 1. The van der Waals surface area contributed by atoms with Crippen molar-refractivity contribution in [3.05, 3.63) is 78.4 Å². The van der Waals surface area contributed by atoms with Crippen LogP contribution in [0.2, 0.25) is 0 Å². The molecular formula is C19H14F2N2O3. The lowest BCUT2D eigenvalue weighted by molar-refractivity contribution is 0.262. The van der Waals surface area contributed by atoms with E-state index < -0.39 is 23.4 Å². The predicted molar refractivity (Wildman–Crippen MR) is 93.6 cm³/mol. The average Bonchev–Trinajstić information content (AvgIpc) is 2.62. The van der Waals surface area contributed by atoms with E-state index in [0.717, 1.165) is 6.07 Å². The summed E-state index contributed by atoms with van der Waals surface area (Å²) >= 11 is 0. The quantitative estimate of drug-likeness (QED) is 0.569. The van der Waals surface area contributed by atoms with Gasteiger partial charge in [-0.15, -0.1) is 0 Å². The number of urea groups is 1. The molecule has 0 bridgehead atoms. The van der Waals surface area contributed by atoms with Gasteiger partial charge in [-0.05, 0) is 36.4 Å². The fourth-order valence-corrected chi connectivity index (χ4v) is 2.18. The molecule has 132 valence electrons. The predicted octanol–water partition coefficient (Wildman–Crippen LogP) is 5.11. The van der Waals surface area contributed by atoms with Crippen molar-refractivity contribution >= 4 is 17.4 Å². The highest BCUT2D eigenvalue weighted by molar-refractivity contribution is 6.00. The van der Waals surface area contributed by atoms with Crippen LogP contribution in [0.5, 0.6) is 17.2 Å². The van der Waals surface area contributed by atoms with Crippen molar-refractivity contribution in [1.82, 2.24) is 0 Å². The molecule has 0 fully saturated rings. The number of carbonyl (C=O) groups is 1. The molecule has 0 heterocycles. The molecular weight excluding hydrogens is 342 g/mol. The fourth-order valence-electron chi connectivity index (χ4n) is 2.18. The van der Waals surface area contributed by atoms with Gasteiger partial charge in [0.1, 0.15) is 17.3 Å². The first-order chi connectivity index (χ1) is 12.5.